The lowest BCUT2D eigenvalue weighted by molar-refractivity contribution is 0.731. The molecule has 0 bridgehead atoms. The van der Waals surface area contributed by atoms with Crippen LogP contribution in [0.2, 0.25) is 0 Å². The Bertz CT molecular complexity index is 470. The Labute approximate surface area is 82.9 Å². The Hall–Kier alpha value is -1.61. The molecule has 0 aliphatic heterocycles. The highest BCUT2D eigenvalue weighted by atomic mass is 15.1. The summed E-state index contributed by atoms with van der Waals surface area (Å²) in [5.41, 5.74) is 9.73. The third kappa shape index (κ3) is 1.22. The maximum absolute atomic E-state index is 7.73. The molecule has 0 aliphatic carbocycles. The second-order valence-electron chi connectivity index (χ2n) is 3.23. The first-order valence-corrected chi connectivity index (χ1v) is 4.49. The molecule has 0 spiro atoms. The van der Waals surface area contributed by atoms with Gasteiger partial charge >= 0.3 is 0 Å². The van der Waals surface area contributed by atoms with E-state index < -0.39 is 6.04 Å². The van der Waals surface area contributed by atoms with Gasteiger partial charge in [-0.15, -0.1) is 6.58 Å². The average molecular weight is 186 g/mol. The van der Waals surface area contributed by atoms with Crippen molar-refractivity contribution in [2.24, 2.45) is 7.05 Å². The third-order valence-electron chi connectivity index (χ3n) is 2.34. The van der Waals surface area contributed by atoms with Gasteiger partial charge in [0, 0.05) is 7.05 Å². The summed E-state index contributed by atoms with van der Waals surface area (Å²) in [6, 6.07) is 7.43. The Balaban J connectivity index is 2.68. The normalized spacial score (nSPS) is 13.0. The Morgan fingerprint density at radius 1 is 1.50 bits per heavy atom. The molecule has 1 radical (unpaired) electrons. The van der Waals surface area contributed by atoms with E-state index >= 15 is 0 Å². The molecule has 2 aromatic rings. The first kappa shape index (κ1) is 8.97. The van der Waals surface area contributed by atoms with Crippen LogP contribution in [0.1, 0.15) is 11.9 Å². The summed E-state index contributed by atoms with van der Waals surface area (Å²) >= 11 is 0. The molecule has 1 atom stereocenters. The van der Waals surface area contributed by atoms with Gasteiger partial charge in [0.25, 0.3) is 0 Å². The van der Waals surface area contributed by atoms with Crippen molar-refractivity contribution in [3.05, 3.63) is 42.7 Å². The highest BCUT2D eigenvalue weighted by molar-refractivity contribution is 5.75. The fraction of sp³-hybridized carbons (Fsp3) is 0.182. The number of rotatable bonds is 2. The lowest BCUT2D eigenvalue weighted by atomic mass is 10.3. The fourth-order valence-electron chi connectivity index (χ4n) is 1.55. The predicted molar refractivity (Wildman–Crippen MR) is 56.7 cm³/mol. The maximum Gasteiger partial charge on any atom is 0.132 e. The second-order valence-corrected chi connectivity index (χ2v) is 3.23. The average Bonchev–Trinajstić information content (AvgIpc) is 2.56. The summed E-state index contributed by atoms with van der Waals surface area (Å²) in [6.07, 6.45) is 1.58. The highest BCUT2D eigenvalue weighted by Crippen LogP contribution is 2.18. The van der Waals surface area contributed by atoms with Crippen LogP contribution in [0.15, 0.2) is 36.9 Å². The van der Waals surface area contributed by atoms with Crippen molar-refractivity contribution >= 4 is 11.0 Å². The second kappa shape index (κ2) is 3.27. The molecule has 0 saturated heterocycles. The Kier molecular flexibility index (Phi) is 2.09. The van der Waals surface area contributed by atoms with E-state index in [9.17, 15) is 0 Å². The molecule has 3 nitrogen and oxygen atoms in total. The summed E-state index contributed by atoms with van der Waals surface area (Å²) in [5, 5.41) is 0. The van der Waals surface area contributed by atoms with Crippen LogP contribution in [-0.2, 0) is 7.05 Å². The Morgan fingerprint density at radius 3 is 2.86 bits per heavy atom. The zero-order chi connectivity index (χ0) is 10.1. The van der Waals surface area contributed by atoms with Gasteiger partial charge in [-0.05, 0) is 12.1 Å². The molecular formula is C11H12N3. The van der Waals surface area contributed by atoms with Gasteiger partial charge in [0.15, 0.2) is 0 Å². The van der Waals surface area contributed by atoms with Crippen LogP contribution >= 0.6 is 0 Å². The molecule has 1 unspecified atom stereocenters. The van der Waals surface area contributed by atoms with E-state index in [1.807, 2.05) is 35.9 Å². The minimum absolute atomic E-state index is 0.451. The number of aryl methyl sites for hydroxylation is 1. The van der Waals surface area contributed by atoms with Gasteiger partial charge in [0.1, 0.15) is 5.82 Å². The smallest absolute Gasteiger partial charge is 0.132 e. The van der Waals surface area contributed by atoms with Crippen molar-refractivity contribution < 1.29 is 0 Å². The maximum atomic E-state index is 7.73. The molecule has 71 valence electrons. The molecule has 0 fully saturated rings. The number of aromatic nitrogens is 2. The highest BCUT2D eigenvalue weighted by Gasteiger charge is 2.11. The van der Waals surface area contributed by atoms with Crippen molar-refractivity contribution in [1.29, 1.82) is 0 Å². The standard InChI is InChI=1S/C11H12N3/c1-3-8(12)11-13-9-6-4-5-7-10(9)14(11)2/h3-8,12H,1H2,2H3. The quantitative estimate of drug-likeness (QED) is 0.662. The van der Waals surface area contributed by atoms with Crippen LogP contribution in [0.3, 0.4) is 0 Å². The number of nitrogens with one attached hydrogen (secondary N) is 1. The predicted octanol–water partition coefficient (Wildman–Crippen LogP) is 2.08. The van der Waals surface area contributed by atoms with Crippen LogP contribution in [0.4, 0.5) is 0 Å². The van der Waals surface area contributed by atoms with E-state index in [-0.39, 0.29) is 0 Å². The molecule has 0 saturated carbocycles. The van der Waals surface area contributed by atoms with Crippen LogP contribution in [-0.4, -0.2) is 9.55 Å². The molecule has 1 aromatic heterocycles. The minimum Gasteiger partial charge on any atom is -0.329 e. The molecule has 1 aromatic carbocycles. The lowest BCUT2D eigenvalue weighted by Gasteiger charge is -2.04. The largest absolute Gasteiger partial charge is 0.329 e. The van der Waals surface area contributed by atoms with Gasteiger partial charge in [-0.25, -0.2) is 10.7 Å². The van der Waals surface area contributed by atoms with Crippen LogP contribution < -0.4 is 5.73 Å². The van der Waals surface area contributed by atoms with Gasteiger partial charge in [0.2, 0.25) is 0 Å². The molecule has 0 amide bonds. The van der Waals surface area contributed by atoms with Gasteiger partial charge < -0.3 is 4.57 Å². The van der Waals surface area contributed by atoms with E-state index in [0.717, 1.165) is 16.9 Å². The first-order valence-electron chi connectivity index (χ1n) is 4.49. The zero-order valence-corrected chi connectivity index (χ0v) is 8.07. The Morgan fingerprint density at radius 2 is 2.21 bits per heavy atom. The van der Waals surface area contributed by atoms with E-state index in [1.54, 1.807) is 6.08 Å². The summed E-state index contributed by atoms with van der Waals surface area (Å²) in [5.74, 6) is 0.737. The molecule has 0 aliphatic rings. The van der Waals surface area contributed by atoms with Gasteiger partial charge in [-0.1, -0.05) is 18.2 Å². The van der Waals surface area contributed by atoms with E-state index in [2.05, 4.69) is 11.6 Å². The van der Waals surface area contributed by atoms with E-state index in [0.29, 0.717) is 0 Å². The molecule has 1 N–H and O–H groups in total. The van der Waals surface area contributed by atoms with Crippen LogP contribution in [0.5, 0.6) is 0 Å². The van der Waals surface area contributed by atoms with Crippen molar-refractivity contribution in [3.63, 3.8) is 0 Å². The van der Waals surface area contributed by atoms with Crippen molar-refractivity contribution in [2.45, 2.75) is 6.04 Å². The molecule has 1 heterocycles. The minimum atomic E-state index is -0.451. The van der Waals surface area contributed by atoms with Gasteiger partial charge in [0.05, 0.1) is 17.1 Å². The van der Waals surface area contributed by atoms with Crippen molar-refractivity contribution in [3.8, 4) is 0 Å². The fourth-order valence-corrected chi connectivity index (χ4v) is 1.55. The molecular weight excluding hydrogens is 174 g/mol. The molecule has 14 heavy (non-hydrogen) atoms. The summed E-state index contributed by atoms with van der Waals surface area (Å²) < 4.78 is 1.94. The third-order valence-corrected chi connectivity index (χ3v) is 2.34. The first-order chi connectivity index (χ1) is 6.74. The summed E-state index contributed by atoms with van der Waals surface area (Å²) in [4.78, 5) is 4.39. The number of hydrogen-bond donors (Lipinski definition) is 0. The molecule has 3 heteroatoms. The number of fused-ring (bicyclic) bond motifs is 1. The van der Waals surface area contributed by atoms with Crippen molar-refractivity contribution in [2.75, 3.05) is 0 Å². The topological polar surface area (TPSA) is 41.6 Å². The number of benzene rings is 1. The van der Waals surface area contributed by atoms with E-state index in [4.69, 9.17) is 5.73 Å². The lowest BCUT2D eigenvalue weighted by Crippen LogP contribution is -2.04. The summed E-state index contributed by atoms with van der Waals surface area (Å²) in [7, 11) is 1.93. The van der Waals surface area contributed by atoms with Crippen molar-refractivity contribution in [1.82, 2.24) is 15.3 Å². The van der Waals surface area contributed by atoms with Gasteiger partial charge in [-0.2, -0.15) is 0 Å². The zero-order valence-electron chi connectivity index (χ0n) is 8.07. The molecule has 2 rings (SSSR count). The van der Waals surface area contributed by atoms with Gasteiger partial charge in [-0.3, -0.25) is 0 Å². The SMILES string of the molecule is C=CC([NH])c1nc2ccccc2n1C. The summed E-state index contributed by atoms with van der Waals surface area (Å²) in [6.45, 7) is 3.61. The number of imidazole rings is 1. The van der Waals surface area contributed by atoms with Crippen LogP contribution in [0, 0.1) is 0 Å². The number of para-hydroxylation sites is 2. The number of nitrogens with zero attached hydrogens (tertiary/aromatic N) is 2. The monoisotopic (exact) mass is 186 g/mol. The van der Waals surface area contributed by atoms with Crippen LogP contribution in [0.25, 0.3) is 11.0 Å². The number of hydrogen-bond acceptors (Lipinski definition) is 1. The van der Waals surface area contributed by atoms with E-state index in [1.165, 1.54) is 0 Å².